The molecule has 1 atom stereocenters. The number of rotatable bonds is 11. The van der Waals surface area contributed by atoms with E-state index >= 15 is 0 Å². The van der Waals surface area contributed by atoms with Gasteiger partial charge in [-0.15, -0.1) is 0 Å². The maximum atomic E-state index is 11.7. The van der Waals surface area contributed by atoms with Gasteiger partial charge < -0.3 is 4.74 Å². The Morgan fingerprint density at radius 2 is 1.53 bits per heavy atom. The lowest BCUT2D eigenvalue weighted by atomic mass is 10.3. The van der Waals surface area contributed by atoms with Crippen LogP contribution in [-0.2, 0) is 23.8 Å². The highest BCUT2D eigenvalue weighted by Gasteiger charge is 2.30. The smallest absolute Gasteiger partial charge is 0.326 e. The van der Waals surface area contributed by atoms with Crippen LogP contribution in [-0.4, -0.2) is 32.9 Å². The lowest BCUT2D eigenvalue weighted by Crippen LogP contribution is -2.31. The van der Waals surface area contributed by atoms with Crippen LogP contribution in [0, 0.1) is 0 Å². The maximum Gasteiger partial charge on any atom is 0.326 e. The van der Waals surface area contributed by atoms with Gasteiger partial charge in [-0.2, -0.15) is 8.42 Å². The first-order valence-corrected chi connectivity index (χ1v) is 8.47. The first-order chi connectivity index (χ1) is 8.95. The van der Waals surface area contributed by atoms with Crippen molar-refractivity contribution >= 4 is 16.1 Å². The molecule has 19 heavy (non-hydrogen) atoms. The van der Waals surface area contributed by atoms with Gasteiger partial charge in [0, 0.05) is 0 Å². The summed E-state index contributed by atoms with van der Waals surface area (Å²) >= 11 is 0. The summed E-state index contributed by atoms with van der Waals surface area (Å²) in [4.78, 5) is 11.6. The Morgan fingerprint density at radius 3 is 2.05 bits per heavy atom. The van der Waals surface area contributed by atoms with Crippen molar-refractivity contribution in [2.75, 3.05) is 13.2 Å². The summed E-state index contributed by atoms with van der Waals surface area (Å²) in [6, 6.07) is 0. The van der Waals surface area contributed by atoms with E-state index in [0.29, 0.717) is 6.42 Å². The summed E-state index contributed by atoms with van der Waals surface area (Å²) in [6.45, 7) is 5.76. The molecular formula is C13H26O5S. The second-order valence-electron chi connectivity index (χ2n) is 4.54. The minimum atomic E-state index is -3.86. The first kappa shape index (κ1) is 18.4. The Balaban J connectivity index is 4.06. The molecule has 0 saturated heterocycles. The van der Waals surface area contributed by atoms with E-state index in [9.17, 15) is 13.2 Å². The third-order valence-electron chi connectivity index (χ3n) is 2.75. The van der Waals surface area contributed by atoms with E-state index < -0.39 is 21.3 Å². The summed E-state index contributed by atoms with van der Waals surface area (Å²) in [5, 5.41) is -1.25. The zero-order valence-corrected chi connectivity index (χ0v) is 13.0. The van der Waals surface area contributed by atoms with E-state index in [0.717, 1.165) is 32.1 Å². The van der Waals surface area contributed by atoms with E-state index in [1.807, 2.05) is 13.8 Å². The fourth-order valence-corrected chi connectivity index (χ4v) is 2.25. The van der Waals surface area contributed by atoms with Gasteiger partial charge in [-0.3, -0.25) is 8.98 Å². The van der Waals surface area contributed by atoms with Crippen molar-refractivity contribution in [3.63, 3.8) is 0 Å². The van der Waals surface area contributed by atoms with E-state index in [1.54, 1.807) is 0 Å². The van der Waals surface area contributed by atoms with Gasteiger partial charge in [0.15, 0.2) is 5.25 Å². The van der Waals surface area contributed by atoms with Gasteiger partial charge in [-0.25, -0.2) is 0 Å². The molecule has 0 fully saturated rings. The van der Waals surface area contributed by atoms with Crippen molar-refractivity contribution in [1.82, 2.24) is 0 Å². The fraction of sp³-hybridized carbons (Fsp3) is 0.923. The van der Waals surface area contributed by atoms with Crippen LogP contribution in [0.2, 0.25) is 0 Å². The highest BCUT2D eigenvalue weighted by Crippen LogP contribution is 2.08. The van der Waals surface area contributed by atoms with Crippen LogP contribution in [0.15, 0.2) is 0 Å². The highest BCUT2D eigenvalue weighted by molar-refractivity contribution is 7.88. The van der Waals surface area contributed by atoms with Crippen LogP contribution < -0.4 is 0 Å². The normalized spacial score (nSPS) is 13.2. The molecule has 0 aromatic carbocycles. The molecule has 0 aliphatic heterocycles. The number of hydrogen-bond donors (Lipinski definition) is 0. The van der Waals surface area contributed by atoms with Crippen LogP contribution in [0.25, 0.3) is 0 Å². The molecule has 0 aliphatic rings. The SMILES string of the molecule is CCCCCOC(=O)C(C)S(=O)(=O)OCCCCC. The van der Waals surface area contributed by atoms with Crippen molar-refractivity contribution in [3.8, 4) is 0 Å². The summed E-state index contributed by atoms with van der Waals surface area (Å²) < 4.78 is 33.1. The Kier molecular flexibility index (Phi) is 9.87. The van der Waals surface area contributed by atoms with E-state index in [4.69, 9.17) is 8.92 Å². The standard InChI is InChI=1S/C13H26O5S/c1-4-6-8-10-17-13(14)12(3)19(15,16)18-11-9-7-5-2/h12H,4-11H2,1-3H3. The predicted octanol–water partition coefficient (Wildman–Crippen LogP) is 2.64. The lowest BCUT2D eigenvalue weighted by Gasteiger charge is -2.12. The van der Waals surface area contributed by atoms with Crippen molar-refractivity contribution < 1.29 is 22.1 Å². The Labute approximate surface area is 116 Å². The minimum absolute atomic E-state index is 0.129. The third kappa shape index (κ3) is 8.21. The van der Waals surface area contributed by atoms with Gasteiger partial charge in [0.2, 0.25) is 0 Å². The molecule has 0 aromatic rings. The average Bonchev–Trinajstić information content (AvgIpc) is 2.38. The molecular weight excluding hydrogens is 268 g/mol. The van der Waals surface area contributed by atoms with Gasteiger partial charge in [0.1, 0.15) is 0 Å². The van der Waals surface area contributed by atoms with Gasteiger partial charge in [0.05, 0.1) is 13.2 Å². The molecule has 6 heteroatoms. The Morgan fingerprint density at radius 1 is 1.00 bits per heavy atom. The number of hydrogen-bond acceptors (Lipinski definition) is 5. The van der Waals surface area contributed by atoms with Crippen LogP contribution in [0.5, 0.6) is 0 Å². The van der Waals surface area contributed by atoms with Crippen LogP contribution in [0.4, 0.5) is 0 Å². The predicted molar refractivity (Wildman–Crippen MR) is 74.3 cm³/mol. The number of ether oxygens (including phenoxy) is 1. The van der Waals surface area contributed by atoms with Gasteiger partial charge in [-0.1, -0.05) is 39.5 Å². The lowest BCUT2D eigenvalue weighted by molar-refractivity contribution is -0.143. The molecule has 0 radical (unpaired) electrons. The van der Waals surface area contributed by atoms with E-state index in [2.05, 4.69) is 0 Å². The largest absolute Gasteiger partial charge is 0.465 e. The quantitative estimate of drug-likeness (QED) is 0.333. The molecule has 0 heterocycles. The van der Waals surface area contributed by atoms with Gasteiger partial charge in [0.25, 0.3) is 10.1 Å². The molecule has 114 valence electrons. The third-order valence-corrected chi connectivity index (χ3v) is 4.31. The van der Waals surface area contributed by atoms with Gasteiger partial charge in [-0.05, 0) is 19.8 Å². The second-order valence-corrected chi connectivity index (χ2v) is 6.47. The Bertz CT molecular complexity index is 337. The molecule has 0 saturated carbocycles. The first-order valence-electron chi connectivity index (χ1n) is 7.00. The van der Waals surface area contributed by atoms with Crippen LogP contribution >= 0.6 is 0 Å². The van der Waals surface area contributed by atoms with Crippen molar-refractivity contribution in [3.05, 3.63) is 0 Å². The van der Waals surface area contributed by atoms with Crippen molar-refractivity contribution in [1.29, 1.82) is 0 Å². The number of esters is 1. The summed E-state index contributed by atoms with van der Waals surface area (Å²) in [5.41, 5.74) is 0. The molecule has 0 amide bonds. The van der Waals surface area contributed by atoms with Gasteiger partial charge >= 0.3 is 5.97 Å². The zero-order valence-electron chi connectivity index (χ0n) is 12.2. The number of carbonyl (C=O) groups excluding carboxylic acids is 1. The molecule has 5 nitrogen and oxygen atoms in total. The van der Waals surface area contributed by atoms with Crippen molar-refractivity contribution in [2.24, 2.45) is 0 Å². The maximum absolute atomic E-state index is 11.7. The summed E-state index contributed by atoms with van der Waals surface area (Å²) in [5.74, 6) is -0.730. The fourth-order valence-electron chi connectivity index (χ4n) is 1.39. The monoisotopic (exact) mass is 294 g/mol. The van der Waals surface area contributed by atoms with Crippen molar-refractivity contribution in [2.45, 2.75) is 64.5 Å². The molecule has 0 spiro atoms. The summed E-state index contributed by atoms with van der Waals surface area (Å²) in [6.07, 6.45) is 5.30. The molecule has 0 N–H and O–H groups in total. The van der Waals surface area contributed by atoms with E-state index in [-0.39, 0.29) is 13.2 Å². The number of carbonyl (C=O) groups is 1. The van der Waals surface area contributed by atoms with Crippen LogP contribution in [0.3, 0.4) is 0 Å². The van der Waals surface area contributed by atoms with Crippen LogP contribution in [0.1, 0.15) is 59.3 Å². The minimum Gasteiger partial charge on any atom is -0.465 e. The molecule has 0 aliphatic carbocycles. The highest BCUT2D eigenvalue weighted by atomic mass is 32.2. The average molecular weight is 294 g/mol. The molecule has 0 aromatic heterocycles. The second kappa shape index (κ2) is 10.2. The Hall–Kier alpha value is -0.620. The molecule has 0 rings (SSSR count). The van der Waals surface area contributed by atoms with E-state index in [1.165, 1.54) is 6.92 Å². The zero-order chi connectivity index (χ0) is 14.7. The topological polar surface area (TPSA) is 69.7 Å². The molecule has 0 bridgehead atoms. The molecule has 1 unspecified atom stereocenters. The number of unbranched alkanes of at least 4 members (excludes halogenated alkanes) is 4. The summed E-state index contributed by atoms with van der Waals surface area (Å²) in [7, 11) is -3.86.